The van der Waals surface area contributed by atoms with Crippen molar-refractivity contribution in [1.82, 2.24) is 0 Å². The second kappa shape index (κ2) is 7.04. The molecule has 0 aliphatic rings. The van der Waals surface area contributed by atoms with Crippen LogP contribution in [0.1, 0.15) is 22.3 Å². The van der Waals surface area contributed by atoms with Gasteiger partial charge in [-0.05, 0) is 30.2 Å². The molecule has 2 rings (SSSR count). The number of hydrogen-bond acceptors (Lipinski definition) is 2. The molecule has 2 aromatic carbocycles. The van der Waals surface area contributed by atoms with Crippen LogP contribution in [-0.4, -0.2) is 17.0 Å². The zero-order valence-electron chi connectivity index (χ0n) is 11.2. The number of amides is 1. The molecule has 0 spiro atoms. The Morgan fingerprint density at radius 3 is 2.48 bits per heavy atom. The highest BCUT2D eigenvalue weighted by atomic mass is 79.9. The van der Waals surface area contributed by atoms with Crippen molar-refractivity contribution in [2.75, 3.05) is 5.32 Å². The van der Waals surface area contributed by atoms with Crippen molar-refractivity contribution < 1.29 is 14.7 Å². The van der Waals surface area contributed by atoms with Crippen molar-refractivity contribution in [3.8, 4) is 0 Å². The molecule has 0 atom stereocenters. The van der Waals surface area contributed by atoms with Crippen molar-refractivity contribution in [3.63, 3.8) is 0 Å². The predicted molar refractivity (Wildman–Crippen MR) is 84.5 cm³/mol. The zero-order valence-corrected chi connectivity index (χ0v) is 12.8. The number of halogens is 1. The quantitative estimate of drug-likeness (QED) is 0.866. The smallest absolute Gasteiger partial charge is 0.337 e. The first kappa shape index (κ1) is 15.3. The van der Waals surface area contributed by atoms with E-state index in [9.17, 15) is 9.59 Å². The van der Waals surface area contributed by atoms with Crippen LogP contribution < -0.4 is 5.32 Å². The molecule has 0 fully saturated rings. The maximum Gasteiger partial charge on any atom is 0.337 e. The molecule has 2 N–H and O–H groups in total. The molecule has 0 aliphatic heterocycles. The lowest BCUT2D eigenvalue weighted by molar-refractivity contribution is -0.116. The van der Waals surface area contributed by atoms with E-state index in [4.69, 9.17) is 5.11 Å². The average Bonchev–Trinajstić information content (AvgIpc) is 2.48. The van der Waals surface area contributed by atoms with Gasteiger partial charge >= 0.3 is 5.97 Å². The van der Waals surface area contributed by atoms with E-state index in [1.165, 1.54) is 6.07 Å². The molecule has 0 aliphatic carbocycles. The number of aromatic carboxylic acids is 1. The van der Waals surface area contributed by atoms with Crippen LogP contribution in [0.4, 0.5) is 5.69 Å². The summed E-state index contributed by atoms with van der Waals surface area (Å²) in [7, 11) is 0. The van der Waals surface area contributed by atoms with Gasteiger partial charge in [0.05, 0.1) is 11.3 Å². The Morgan fingerprint density at radius 2 is 1.81 bits per heavy atom. The SMILES string of the molecule is O=C(CCc1ccccc1)Nc1ccc(Br)cc1C(=O)O. The van der Waals surface area contributed by atoms with Crippen LogP contribution in [0, 0.1) is 0 Å². The molecule has 4 nitrogen and oxygen atoms in total. The largest absolute Gasteiger partial charge is 0.478 e. The lowest BCUT2D eigenvalue weighted by atomic mass is 10.1. The Labute approximate surface area is 130 Å². The first-order chi connectivity index (χ1) is 10.1. The van der Waals surface area contributed by atoms with Gasteiger partial charge in [-0.2, -0.15) is 0 Å². The Balaban J connectivity index is 2.01. The molecule has 0 saturated heterocycles. The number of rotatable bonds is 5. The molecule has 0 bridgehead atoms. The summed E-state index contributed by atoms with van der Waals surface area (Å²) >= 11 is 3.22. The van der Waals surface area contributed by atoms with E-state index in [1.54, 1.807) is 12.1 Å². The molecule has 5 heteroatoms. The molecule has 0 heterocycles. The van der Waals surface area contributed by atoms with Crippen molar-refractivity contribution >= 4 is 33.5 Å². The molecular weight excluding hydrogens is 334 g/mol. The van der Waals surface area contributed by atoms with E-state index in [0.717, 1.165) is 5.56 Å². The fourth-order valence-electron chi connectivity index (χ4n) is 1.92. The van der Waals surface area contributed by atoms with Gasteiger partial charge in [-0.3, -0.25) is 4.79 Å². The number of nitrogens with one attached hydrogen (secondary N) is 1. The van der Waals surface area contributed by atoms with Gasteiger partial charge in [0.2, 0.25) is 5.91 Å². The number of carboxylic acid groups (broad SMARTS) is 1. The van der Waals surface area contributed by atoms with Gasteiger partial charge in [-0.25, -0.2) is 4.79 Å². The van der Waals surface area contributed by atoms with Crippen LogP contribution in [0.5, 0.6) is 0 Å². The van der Waals surface area contributed by atoms with Crippen LogP contribution >= 0.6 is 15.9 Å². The highest BCUT2D eigenvalue weighted by Gasteiger charge is 2.13. The van der Waals surface area contributed by atoms with Gasteiger partial charge in [0.25, 0.3) is 0 Å². The van der Waals surface area contributed by atoms with Gasteiger partial charge in [0, 0.05) is 10.9 Å². The molecule has 108 valence electrons. The third kappa shape index (κ3) is 4.43. The van der Waals surface area contributed by atoms with Crippen LogP contribution in [0.2, 0.25) is 0 Å². The van der Waals surface area contributed by atoms with Crippen molar-refractivity contribution in [2.24, 2.45) is 0 Å². The lowest BCUT2D eigenvalue weighted by Gasteiger charge is -2.09. The van der Waals surface area contributed by atoms with E-state index >= 15 is 0 Å². The number of carbonyl (C=O) groups excluding carboxylic acids is 1. The van der Waals surface area contributed by atoms with E-state index in [0.29, 0.717) is 23.0 Å². The maximum atomic E-state index is 11.9. The minimum absolute atomic E-state index is 0.0671. The third-order valence-corrected chi connectivity index (χ3v) is 3.46. The highest BCUT2D eigenvalue weighted by molar-refractivity contribution is 9.10. The summed E-state index contributed by atoms with van der Waals surface area (Å²) in [6.07, 6.45) is 0.921. The third-order valence-electron chi connectivity index (χ3n) is 2.97. The van der Waals surface area contributed by atoms with Crippen molar-refractivity contribution in [2.45, 2.75) is 12.8 Å². The summed E-state index contributed by atoms with van der Waals surface area (Å²) in [5, 5.41) is 11.8. The Bertz CT molecular complexity index is 656. The monoisotopic (exact) mass is 347 g/mol. The Kier molecular flexibility index (Phi) is 5.11. The van der Waals surface area contributed by atoms with Gasteiger partial charge in [0.1, 0.15) is 0 Å². The lowest BCUT2D eigenvalue weighted by Crippen LogP contribution is -2.15. The standard InChI is InChI=1S/C16H14BrNO3/c17-12-7-8-14(13(10-12)16(20)21)18-15(19)9-6-11-4-2-1-3-5-11/h1-5,7-8,10H,6,9H2,(H,18,19)(H,20,21). The van der Waals surface area contributed by atoms with Crippen LogP contribution in [0.15, 0.2) is 53.0 Å². The first-order valence-electron chi connectivity index (χ1n) is 6.43. The molecule has 1 amide bonds. The summed E-state index contributed by atoms with van der Waals surface area (Å²) in [6, 6.07) is 14.4. The van der Waals surface area contributed by atoms with Gasteiger partial charge in [-0.15, -0.1) is 0 Å². The van der Waals surface area contributed by atoms with E-state index < -0.39 is 5.97 Å². The maximum absolute atomic E-state index is 11.9. The number of hydrogen-bond donors (Lipinski definition) is 2. The first-order valence-corrected chi connectivity index (χ1v) is 7.22. The zero-order chi connectivity index (χ0) is 15.2. The molecule has 0 unspecified atom stereocenters. The molecule has 0 saturated carbocycles. The fourth-order valence-corrected chi connectivity index (χ4v) is 2.28. The average molecular weight is 348 g/mol. The minimum atomic E-state index is -1.07. The van der Waals surface area contributed by atoms with Crippen LogP contribution in [0.3, 0.4) is 0 Å². The van der Waals surface area contributed by atoms with Gasteiger partial charge in [-0.1, -0.05) is 46.3 Å². The Hall–Kier alpha value is -2.14. The van der Waals surface area contributed by atoms with Gasteiger partial charge in [0.15, 0.2) is 0 Å². The normalized spacial score (nSPS) is 10.1. The molecule has 0 radical (unpaired) electrons. The minimum Gasteiger partial charge on any atom is -0.478 e. The summed E-state index contributed by atoms with van der Waals surface area (Å²) < 4.78 is 0.655. The fraction of sp³-hybridized carbons (Fsp3) is 0.125. The molecule has 21 heavy (non-hydrogen) atoms. The second-order valence-electron chi connectivity index (χ2n) is 4.53. The van der Waals surface area contributed by atoms with Crippen LogP contribution in [0.25, 0.3) is 0 Å². The Morgan fingerprint density at radius 1 is 1.10 bits per heavy atom. The van der Waals surface area contributed by atoms with E-state index in [2.05, 4.69) is 21.2 Å². The molecule has 2 aromatic rings. The topological polar surface area (TPSA) is 66.4 Å². The predicted octanol–water partition coefficient (Wildman–Crippen LogP) is 3.72. The molecular formula is C16H14BrNO3. The van der Waals surface area contributed by atoms with Crippen molar-refractivity contribution in [3.05, 3.63) is 64.1 Å². The van der Waals surface area contributed by atoms with E-state index in [1.807, 2.05) is 30.3 Å². The number of benzene rings is 2. The van der Waals surface area contributed by atoms with E-state index in [-0.39, 0.29) is 11.5 Å². The summed E-state index contributed by atoms with van der Waals surface area (Å²) in [5.41, 5.74) is 1.45. The second-order valence-corrected chi connectivity index (χ2v) is 5.44. The van der Waals surface area contributed by atoms with Crippen molar-refractivity contribution in [1.29, 1.82) is 0 Å². The summed E-state index contributed by atoms with van der Waals surface area (Å²) in [4.78, 5) is 23.1. The number of carbonyl (C=O) groups is 2. The summed E-state index contributed by atoms with van der Waals surface area (Å²) in [5.74, 6) is -1.28. The van der Waals surface area contributed by atoms with Gasteiger partial charge < -0.3 is 10.4 Å². The van der Waals surface area contributed by atoms with Crippen LogP contribution in [-0.2, 0) is 11.2 Å². The number of aryl methyl sites for hydroxylation is 1. The number of anilines is 1. The molecule has 0 aromatic heterocycles. The highest BCUT2D eigenvalue weighted by Crippen LogP contribution is 2.21. The number of carboxylic acids is 1. The summed E-state index contributed by atoms with van der Waals surface area (Å²) in [6.45, 7) is 0.